The second-order valence-corrected chi connectivity index (χ2v) is 10.4. The number of piperidine rings is 1. The second kappa shape index (κ2) is 11.3. The topological polar surface area (TPSA) is 48.1 Å². The number of hydrogen-bond acceptors (Lipinski definition) is 2. The average molecular weight is 500 g/mol. The average Bonchev–Trinajstić information content (AvgIpc) is 3.34. The molecule has 3 aromatic carbocycles. The number of rotatable bonds is 8. The minimum Gasteiger partial charge on any atom is -0.360 e. The number of hydrogen-bond donors (Lipinski definition) is 2. The van der Waals surface area contributed by atoms with Crippen molar-refractivity contribution in [3.8, 4) is 0 Å². The van der Waals surface area contributed by atoms with Crippen LogP contribution in [0.4, 0.5) is 5.69 Å². The number of fused-ring (bicyclic) bond motifs is 1. The number of nitrogens with one attached hydrogen (secondary N) is 2. The summed E-state index contributed by atoms with van der Waals surface area (Å²) in [6.07, 6.45) is 6.72. The molecule has 186 valence electrons. The van der Waals surface area contributed by atoms with Gasteiger partial charge in [-0.1, -0.05) is 60.1 Å². The number of aryl methyl sites for hydroxylation is 2. The number of aromatic nitrogens is 1. The van der Waals surface area contributed by atoms with E-state index in [1.807, 2.05) is 36.4 Å². The van der Waals surface area contributed by atoms with Crippen LogP contribution in [-0.2, 0) is 17.6 Å². The summed E-state index contributed by atoms with van der Waals surface area (Å²) in [5.41, 5.74) is 7.13. The SMILES string of the molecule is Cc1ccc(NC(=O)CCc2ccccc2)cc1CCN1CCC(c2c[nH]c3c(Cl)cccc23)CC1. The lowest BCUT2D eigenvalue weighted by Crippen LogP contribution is -2.34. The Morgan fingerprint density at radius 3 is 2.64 bits per heavy atom. The van der Waals surface area contributed by atoms with Gasteiger partial charge in [0.25, 0.3) is 0 Å². The quantitative estimate of drug-likeness (QED) is 0.271. The first-order valence-electron chi connectivity index (χ1n) is 13.0. The van der Waals surface area contributed by atoms with Crippen LogP contribution in [0.3, 0.4) is 0 Å². The third kappa shape index (κ3) is 5.83. The van der Waals surface area contributed by atoms with Crippen LogP contribution in [0.1, 0.15) is 47.4 Å². The zero-order valence-electron chi connectivity index (χ0n) is 20.9. The first-order valence-corrected chi connectivity index (χ1v) is 13.4. The van der Waals surface area contributed by atoms with E-state index in [0.717, 1.165) is 61.5 Å². The van der Waals surface area contributed by atoms with Crippen LogP contribution in [0.15, 0.2) is 72.9 Å². The summed E-state index contributed by atoms with van der Waals surface area (Å²) in [4.78, 5) is 18.4. The lowest BCUT2D eigenvalue weighted by atomic mass is 9.89. The highest BCUT2D eigenvalue weighted by Crippen LogP contribution is 2.35. The first kappa shape index (κ1) is 24.6. The van der Waals surface area contributed by atoms with Gasteiger partial charge in [0, 0.05) is 30.2 Å². The maximum atomic E-state index is 12.5. The number of likely N-dealkylation sites (tertiary alicyclic amines) is 1. The fourth-order valence-corrected chi connectivity index (χ4v) is 5.60. The van der Waals surface area contributed by atoms with Gasteiger partial charge in [-0.15, -0.1) is 0 Å². The van der Waals surface area contributed by atoms with Crippen molar-refractivity contribution < 1.29 is 4.79 Å². The Bertz CT molecular complexity index is 1320. The number of carbonyl (C=O) groups is 1. The number of anilines is 1. The van der Waals surface area contributed by atoms with Crippen LogP contribution in [0.25, 0.3) is 10.9 Å². The molecule has 1 amide bonds. The standard InChI is InChI=1S/C31H34ClN3O/c1-22-10-12-26(34-30(36)13-11-23-6-3-2-4-7-23)20-25(22)16-19-35-17-14-24(15-18-35)28-21-33-31-27(28)8-5-9-29(31)32/h2-10,12,20-21,24,33H,11,13-19H2,1H3,(H,34,36). The molecule has 1 fully saturated rings. The van der Waals surface area contributed by atoms with Gasteiger partial charge in [0.2, 0.25) is 5.91 Å². The van der Waals surface area contributed by atoms with Gasteiger partial charge in [0.1, 0.15) is 0 Å². The Balaban J connectivity index is 1.12. The van der Waals surface area contributed by atoms with Gasteiger partial charge in [-0.25, -0.2) is 0 Å². The van der Waals surface area contributed by atoms with Gasteiger partial charge in [0.05, 0.1) is 10.5 Å². The van der Waals surface area contributed by atoms with Gasteiger partial charge < -0.3 is 15.2 Å². The van der Waals surface area contributed by atoms with Crippen molar-refractivity contribution in [1.82, 2.24) is 9.88 Å². The lowest BCUT2D eigenvalue weighted by molar-refractivity contribution is -0.116. The summed E-state index contributed by atoms with van der Waals surface area (Å²) in [5.74, 6) is 0.638. The molecule has 0 unspecified atom stereocenters. The van der Waals surface area contributed by atoms with E-state index in [1.54, 1.807) is 0 Å². The van der Waals surface area contributed by atoms with E-state index in [-0.39, 0.29) is 5.91 Å². The van der Waals surface area contributed by atoms with Gasteiger partial charge in [-0.2, -0.15) is 0 Å². The predicted octanol–water partition coefficient (Wildman–Crippen LogP) is 7.12. The third-order valence-corrected chi connectivity index (χ3v) is 7.85. The lowest BCUT2D eigenvalue weighted by Gasteiger charge is -2.32. The smallest absolute Gasteiger partial charge is 0.224 e. The van der Waals surface area contributed by atoms with Gasteiger partial charge in [0.15, 0.2) is 0 Å². The van der Waals surface area contributed by atoms with Gasteiger partial charge >= 0.3 is 0 Å². The highest BCUT2D eigenvalue weighted by atomic mass is 35.5. The molecule has 4 nitrogen and oxygen atoms in total. The van der Waals surface area contributed by atoms with Crippen LogP contribution in [-0.4, -0.2) is 35.4 Å². The summed E-state index contributed by atoms with van der Waals surface area (Å²) < 4.78 is 0. The molecule has 2 heterocycles. The van der Waals surface area contributed by atoms with Crippen molar-refractivity contribution in [2.75, 3.05) is 25.0 Å². The molecule has 0 spiro atoms. The number of carbonyl (C=O) groups excluding carboxylic acids is 1. The molecule has 2 N–H and O–H groups in total. The van der Waals surface area contributed by atoms with E-state index in [9.17, 15) is 4.79 Å². The van der Waals surface area contributed by atoms with Crippen molar-refractivity contribution >= 4 is 34.1 Å². The molecule has 1 aliphatic rings. The van der Waals surface area contributed by atoms with Crippen molar-refractivity contribution in [2.45, 2.75) is 44.9 Å². The maximum absolute atomic E-state index is 12.5. The van der Waals surface area contributed by atoms with E-state index >= 15 is 0 Å². The second-order valence-electron chi connectivity index (χ2n) is 9.95. The molecule has 36 heavy (non-hydrogen) atoms. The molecule has 0 bridgehead atoms. The summed E-state index contributed by atoms with van der Waals surface area (Å²) in [5, 5.41) is 5.15. The first-order chi connectivity index (χ1) is 17.6. The minimum absolute atomic E-state index is 0.0642. The Morgan fingerprint density at radius 2 is 1.83 bits per heavy atom. The molecule has 1 saturated heterocycles. The van der Waals surface area contributed by atoms with Crippen molar-refractivity contribution in [1.29, 1.82) is 0 Å². The van der Waals surface area contributed by atoms with Crippen LogP contribution in [0.5, 0.6) is 0 Å². The predicted molar refractivity (Wildman–Crippen MR) is 150 cm³/mol. The summed E-state index contributed by atoms with van der Waals surface area (Å²) in [6, 6.07) is 22.6. The Morgan fingerprint density at radius 1 is 1.03 bits per heavy atom. The van der Waals surface area contributed by atoms with Crippen molar-refractivity contribution in [3.63, 3.8) is 0 Å². The number of aromatic amines is 1. The normalized spacial score (nSPS) is 14.8. The highest BCUT2D eigenvalue weighted by Gasteiger charge is 2.23. The summed E-state index contributed by atoms with van der Waals surface area (Å²) in [6.45, 7) is 5.41. The fourth-order valence-electron chi connectivity index (χ4n) is 5.37. The molecular formula is C31H34ClN3O. The zero-order valence-corrected chi connectivity index (χ0v) is 21.7. The number of H-pyrrole nitrogens is 1. The minimum atomic E-state index is 0.0642. The highest BCUT2D eigenvalue weighted by molar-refractivity contribution is 6.35. The summed E-state index contributed by atoms with van der Waals surface area (Å²) in [7, 11) is 0. The number of para-hydroxylation sites is 1. The van der Waals surface area contributed by atoms with E-state index < -0.39 is 0 Å². The summed E-state index contributed by atoms with van der Waals surface area (Å²) >= 11 is 6.36. The number of halogens is 1. The van der Waals surface area contributed by atoms with Gasteiger partial charge in [-0.3, -0.25) is 4.79 Å². The van der Waals surface area contributed by atoms with Crippen LogP contribution in [0, 0.1) is 6.92 Å². The Kier molecular flexibility index (Phi) is 7.74. The van der Waals surface area contributed by atoms with Crippen LogP contribution in [0.2, 0.25) is 5.02 Å². The maximum Gasteiger partial charge on any atom is 0.224 e. The molecule has 0 radical (unpaired) electrons. The Hall–Kier alpha value is -3.08. The fraction of sp³-hybridized carbons (Fsp3) is 0.323. The van der Waals surface area contributed by atoms with E-state index in [2.05, 4.69) is 58.7 Å². The molecule has 5 rings (SSSR count). The van der Waals surface area contributed by atoms with E-state index in [1.165, 1.54) is 27.6 Å². The zero-order chi connectivity index (χ0) is 24.9. The molecular weight excluding hydrogens is 466 g/mol. The molecule has 0 atom stereocenters. The van der Waals surface area contributed by atoms with E-state index in [0.29, 0.717) is 12.3 Å². The molecule has 0 aliphatic carbocycles. The third-order valence-electron chi connectivity index (χ3n) is 7.54. The largest absolute Gasteiger partial charge is 0.360 e. The van der Waals surface area contributed by atoms with Gasteiger partial charge in [-0.05, 0) is 92.1 Å². The van der Waals surface area contributed by atoms with Crippen LogP contribution >= 0.6 is 11.6 Å². The van der Waals surface area contributed by atoms with Crippen molar-refractivity contribution in [2.24, 2.45) is 0 Å². The molecule has 1 aliphatic heterocycles. The molecule has 0 saturated carbocycles. The molecule has 1 aromatic heterocycles. The number of amides is 1. The number of nitrogens with zero attached hydrogens (tertiary/aromatic N) is 1. The molecule has 4 aromatic rings. The van der Waals surface area contributed by atoms with Crippen molar-refractivity contribution in [3.05, 3.63) is 100 Å². The molecule has 5 heteroatoms. The number of benzene rings is 3. The Labute approximate surface area is 218 Å². The van der Waals surface area contributed by atoms with Crippen LogP contribution < -0.4 is 5.32 Å². The van der Waals surface area contributed by atoms with E-state index in [4.69, 9.17) is 11.6 Å². The monoisotopic (exact) mass is 499 g/mol.